The normalized spacial score (nSPS) is 14.3. The van der Waals surface area contributed by atoms with Crippen molar-refractivity contribution in [2.75, 3.05) is 18.0 Å². The Morgan fingerprint density at radius 2 is 1.63 bits per heavy atom. The molecule has 0 radical (unpaired) electrons. The molecule has 1 atom stereocenters. The molecule has 0 unspecified atom stereocenters. The zero-order valence-electron chi connectivity index (χ0n) is 24.6. The molecule has 3 aromatic rings. The van der Waals surface area contributed by atoms with E-state index in [0.717, 1.165) is 35.6 Å². The van der Waals surface area contributed by atoms with Crippen molar-refractivity contribution in [2.45, 2.75) is 69.5 Å². The summed E-state index contributed by atoms with van der Waals surface area (Å²) in [6.07, 6.45) is 4.20. The van der Waals surface area contributed by atoms with E-state index in [-0.39, 0.29) is 29.1 Å². The van der Waals surface area contributed by atoms with Crippen LogP contribution < -0.4 is 14.4 Å². The first-order chi connectivity index (χ1) is 20.5. The van der Waals surface area contributed by atoms with E-state index in [1.165, 1.54) is 24.1 Å². The fourth-order valence-corrected chi connectivity index (χ4v) is 6.97. The van der Waals surface area contributed by atoms with Gasteiger partial charge in [0.15, 0.2) is 0 Å². The second-order valence-electron chi connectivity index (χ2n) is 10.7. The molecule has 1 saturated carbocycles. The highest BCUT2D eigenvalue weighted by Crippen LogP contribution is 2.28. The molecular weight excluding hydrogens is 609 g/mol. The first-order valence-corrected chi connectivity index (χ1v) is 16.5. The number of methoxy groups -OCH3 is 1. The van der Waals surface area contributed by atoms with Gasteiger partial charge in [0.25, 0.3) is 10.0 Å². The van der Waals surface area contributed by atoms with Crippen LogP contribution in [0.4, 0.5) is 5.69 Å². The van der Waals surface area contributed by atoms with E-state index in [9.17, 15) is 18.0 Å². The van der Waals surface area contributed by atoms with Crippen molar-refractivity contribution in [2.24, 2.45) is 0 Å². The van der Waals surface area contributed by atoms with Crippen molar-refractivity contribution < 1.29 is 22.7 Å². The van der Waals surface area contributed by atoms with Crippen LogP contribution in [0.3, 0.4) is 0 Å². The van der Waals surface area contributed by atoms with Gasteiger partial charge in [0.1, 0.15) is 18.3 Å². The van der Waals surface area contributed by atoms with Crippen molar-refractivity contribution in [1.29, 1.82) is 0 Å². The fourth-order valence-electron chi connectivity index (χ4n) is 5.24. The SMILES string of the molecule is CC[C@@H](C(=O)NC1CCCC1)N(Cc1ccc(Cl)c(Cl)c1)C(=O)CN(c1ccc(OC)cc1)S(=O)(=O)c1ccc(C)cc1. The van der Waals surface area contributed by atoms with Crippen molar-refractivity contribution in [3.05, 3.63) is 87.9 Å². The molecule has 43 heavy (non-hydrogen) atoms. The topological polar surface area (TPSA) is 96.0 Å². The highest BCUT2D eigenvalue weighted by atomic mass is 35.5. The number of carbonyl (C=O) groups excluding carboxylic acids is 2. The third-order valence-electron chi connectivity index (χ3n) is 7.67. The van der Waals surface area contributed by atoms with Gasteiger partial charge in [-0.05, 0) is 80.3 Å². The average Bonchev–Trinajstić information content (AvgIpc) is 3.50. The van der Waals surface area contributed by atoms with E-state index in [1.807, 2.05) is 13.8 Å². The van der Waals surface area contributed by atoms with Gasteiger partial charge in [-0.25, -0.2) is 8.42 Å². The molecule has 3 aromatic carbocycles. The summed E-state index contributed by atoms with van der Waals surface area (Å²) in [6.45, 7) is 3.20. The molecule has 1 aliphatic rings. The average molecular weight is 647 g/mol. The maximum absolute atomic E-state index is 14.2. The van der Waals surface area contributed by atoms with Crippen LogP contribution in [-0.4, -0.2) is 50.9 Å². The number of halogens is 2. The summed E-state index contributed by atoms with van der Waals surface area (Å²) < 4.78 is 34.4. The molecule has 1 aliphatic carbocycles. The summed E-state index contributed by atoms with van der Waals surface area (Å²) in [4.78, 5) is 29.3. The summed E-state index contributed by atoms with van der Waals surface area (Å²) in [5.41, 5.74) is 1.85. The molecule has 11 heteroatoms. The number of hydrogen-bond donors (Lipinski definition) is 1. The van der Waals surface area contributed by atoms with Crippen LogP contribution in [0.25, 0.3) is 0 Å². The van der Waals surface area contributed by atoms with Crippen LogP contribution in [0.1, 0.15) is 50.2 Å². The lowest BCUT2D eigenvalue weighted by Crippen LogP contribution is -2.53. The van der Waals surface area contributed by atoms with Gasteiger partial charge in [-0.2, -0.15) is 0 Å². The van der Waals surface area contributed by atoms with Crippen LogP contribution >= 0.6 is 23.2 Å². The first-order valence-electron chi connectivity index (χ1n) is 14.3. The lowest BCUT2D eigenvalue weighted by Gasteiger charge is -2.34. The predicted octanol–water partition coefficient (Wildman–Crippen LogP) is 6.37. The minimum atomic E-state index is -4.17. The van der Waals surface area contributed by atoms with E-state index in [1.54, 1.807) is 54.6 Å². The Morgan fingerprint density at radius 1 is 0.977 bits per heavy atom. The van der Waals surface area contributed by atoms with E-state index in [4.69, 9.17) is 27.9 Å². The number of nitrogens with one attached hydrogen (secondary N) is 1. The Hall–Kier alpha value is -3.27. The highest BCUT2D eigenvalue weighted by molar-refractivity contribution is 7.92. The molecule has 1 N–H and O–H groups in total. The fraction of sp³-hybridized carbons (Fsp3) is 0.375. The van der Waals surface area contributed by atoms with Gasteiger partial charge in [0, 0.05) is 12.6 Å². The summed E-state index contributed by atoms with van der Waals surface area (Å²) >= 11 is 12.4. The number of anilines is 1. The lowest BCUT2D eigenvalue weighted by molar-refractivity contribution is -0.140. The molecule has 0 bridgehead atoms. The van der Waals surface area contributed by atoms with Gasteiger partial charge in [0.2, 0.25) is 11.8 Å². The van der Waals surface area contributed by atoms with Crippen LogP contribution in [0.15, 0.2) is 71.6 Å². The van der Waals surface area contributed by atoms with Crippen LogP contribution in [0.5, 0.6) is 5.75 Å². The van der Waals surface area contributed by atoms with Crippen molar-refractivity contribution in [3.63, 3.8) is 0 Å². The molecule has 2 amide bonds. The summed E-state index contributed by atoms with van der Waals surface area (Å²) in [7, 11) is -2.65. The van der Waals surface area contributed by atoms with Crippen molar-refractivity contribution in [1.82, 2.24) is 10.2 Å². The van der Waals surface area contributed by atoms with Crippen LogP contribution in [0, 0.1) is 6.92 Å². The monoisotopic (exact) mass is 645 g/mol. The number of carbonyl (C=O) groups is 2. The number of amides is 2. The number of rotatable bonds is 12. The third-order valence-corrected chi connectivity index (χ3v) is 10.2. The number of hydrogen-bond acceptors (Lipinski definition) is 5. The van der Waals surface area contributed by atoms with E-state index < -0.39 is 28.5 Å². The Balaban J connectivity index is 1.73. The number of benzene rings is 3. The quantitative estimate of drug-likeness (QED) is 0.247. The highest BCUT2D eigenvalue weighted by Gasteiger charge is 2.34. The zero-order chi connectivity index (χ0) is 31.1. The second-order valence-corrected chi connectivity index (χ2v) is 13.4. The Morgan fingerprint density at radius 3 is 2.21 bits per heavy atom. The zero-order valence-corrected chi connectivity index (χ0v) is 26.9. The first kappa shape index (κ1) is 32.6. The number of aryl methyl sites for hydroxylation is 1. The van der Waals surface area contributed by atoms with Crippen molar-refractivity contribution >= 4 is 50.7 Å². The van der Waals surface area contributed by atoms with E-state index in [0.29, 0.717) is 27.8 Å². The number of sulfonamides is 1. The molecule has 0 heterocycles. The summed E-state index contributed by atoms with van der Waals surface area (Å²) in [5, 5.41) is 3.79. The smallest absolute Gasteiger partial charge is 0.264 e. The molecule has 0 aliphatic heterocycles. The maximum atomic E-state index is 14.2. The second kappa shape index (κ2) is 14.5. The standard InChI is InChI=1S/C32H37Cl2N3O5S/c1-4-30(32(39)35-24-7-5-6-8-24)36(20-23-11-18-28(33)29(34)19-23)31(38)21-37(25-12-14-26(42-3)15-13-25)43(40,41)27-16-9-22(2)10-17-27/h9-19,24,30H,4-8,20-21H2,1-3H3,(H,35,39)/t30-/m0/s1. The third kappa shape index (κ3) is 8.02. The number of ether oxygens (including phenoxy) is 1. The van der Waals surface area contributed by atoms with Gasteiger partial charge >= 0.3 is 0 Å². The molecule has 0 aromatic heterocycles. The van der Waals surface area contributed by atoms with E-state index >= 15 is 0 Å². The minimum absolute atomic E-state index is 0.0351. The molecule has 4 rings (SSSR count). The number of nitrogens with zero attached hydrogens (tertiary/aromatic N) is 2. The lowest BCUT2D eigenvalue weighted by atomic mass is 10.1. The van der Waals surface area contributed by atoms with Gasteiger partial charge in [-0.1, -0.05) is 66.7 Å². The van der Waals surface area contributed by atoms with Crippen LogP contribution in [0.2, 0.25) is 10.0 Å². The molecule has 0 saturated heterocycles. The maximum Gasteiger partial charge on any atom is 0.264 e. The Bertz CT molecular complexity index is 1530. The summed E-state index contributed by atoms with van der Waals surface area (Å²) in [6, 6.07) is 17.1. The largest absolute Gasteiger partial charge is 0.497 e. The van der Waals surface area contributed by atoms with Gasteiger partial charge in [0.05, 0.1) is 27.7 Å². The van der Waals surface area contributed by atoms with Gasteiger partial charge in [-0.15, -0.1) is 0 Å². The molecule has 230 valence electrons. The van der Waals surface area contributed by atoms with Gasteiger partial charge in [-0.3, -0.25) is 13.9 Å². The van der Waals surface area contributed by atoms with Crippen molar-refractivity contribution in [3.8, 4) is 5.75 Å². The molecule has 1 fully saturated rings. The molecule has 0 spiro atoms. The van der Waals surface area contributed by atoms with E-state index in [2.05, 4.69) is 5.32 Å². The molecular formula is C32H37Cl2N3O5S. The minimum Gasteiger partial charge on any atom is -0.497 e. The Labute approximate surface area is 264 Å². The van der Waals surface area contributed by atoms with Crippen LogP contribution in [-0.2, 0) is 26.2 Å². The predicted molar refractivity (Wildman–Crippen MR) is 170 cm³/mol. The summed E-state index contributed by atoms with van der Waals surface area (Å²) in [5.74, 6) is -0.259. The Kier molecular flexibility index (Phi) is 11.0. The van der Waals surface area contributed by atoms with Gasteiger partial charge < -0.3 is 15.0 Å². The molecule has 8 nitrogen and oxygen atoms in total.